The maximum atomic E-state index is 13.2. The average Bonchev–Trinajstić information content (AvgIpc) is 3.32. The summed E-state index contributed by atoms with van der Waals surface area (Å²) in [5, 5.41) is 1.88. The maximum absolute atomic E-state index is 13.2. The van der Waals surface area contributed by atoms with Gasteiger partial charge in [0.05, 0.1) is 12.8 Å². The van der Waals surface area contributed by atoms with Gasteiger partial charge in [0, 0.05) is 12.5 Å². The fourth-order valence-corrected chi connectivity index (χ4v) is 4.48. The lowest BCUT2D eigenvalue weighted by molar-refractivity contribution is -0.123. The molecule has 2 fully saturated rings. The minimum atomic E-state index is -0.344. The minimum absolute atomic E-state index is 0.108. The summed E-state index contributed by atoms with van der Waals surface area (Å²) in [6.45, 7) is 2.98. The normalized spacial score (nSPS) is 23.8. The van der Waals surface area contributed by atoms with E-state index in [2.05, 4.69) is 6.92 Å². The van der Waals surface area contributed by atoms with E-state index in [0.29, 0.717) is 10.8 Å². The molecule has 1 amide bonds. The van der Waals surface area contributed by atoms with Gasteiger partial charge in [-0.15, -0.1) is 11.3 Å². The molecule has 132 valence electrons. The van der Waals surface area contributed by atoms with Crippen LogP contribution in [0.4, 0.5) is 5.69 Å². The fraction of sp³-hybridized carbons (Fsp3) is 0.684. The third-order valence-electron chi connectivity index (χ3n) is 5.48. The Bertz CT molecular complexity index is 585. The lowest BCUT2D eigenvalue weighted by Crippen LogP contribution is -2.39. The SMILES string of the molecule is CCC1CCC(C(=O)N(CC2CC2)c2ccsc2C(=O)OC)CC1. The molecule has 1 aromatic heterocycles. The van der Waals surface area contributed by atoms with Crippen LogP contribution in [-0.2, 0) is 9.53 Å². The van der Waals surface area contributed by atoms with Crippen LogP contribution < -0.4 is 4.90 Å². The van der Waals surface area contributed by atoms with E-state index < -0.39 is 0 Å². The summed E-state index contributed by atoms with van der Waals surface area (Å²) in [4.78, 5) is 27.7. The molecule has 1 heterocycles. The molecule has 3 rings (SSSR count). The summed E-state index contributed by atoms with van der Waals surface area (Å²) in [5.74, 6) is 1.34. The molecule has 5 heteroatoms. The van der Waals surface area contributed by atoms with E-state index in [1.807, 2.05) is 16.3 Å². The summed E-state index contributed by atoms with van der Waals surface area (Å²) in [6, 6.07) is 1.90. The number of esters is 1. The van der Waals surface area contributed by atoms with E-state index in [4.69, 9.17) is 4.74 Å². The Labute approximate surface area is 148 Å². The molecule has 24 heavy (non-hydrogen) atoms. The molecule has 2 aliphatic rings. The standard InChI is InChI=1S/C19H27NO3S/c1-3-13-6-8-15(9-7-13)18(21)20(12-14-4-5-14)16-10-11-24-17(16)19(22)23-2/h10-11,13-15H,3-9,12H2,1-2H3. The number of ether oxygens (including phenoxy) is 1. The Balaban J connectivity index is 1.78. The summed E-state index contributed by atoms with van der Waals surface area (Å²) >= 11 is 1.36. The average molecular weight is 349 g/mol. The van der Waals surface area contributed by atoms with Crippen molar-refractivity contribution in [2.45, 2.75) is 51.9 Å². The predicted molar refractivity (Wildman–Crippen MR) is 96.5 cm³/mol. The molecule has 0 unspecified atom stereocenters. The van der Waals surface area contributed by atoms with Crippen LogP contribution in [0.3, 0.4) is 0 Å². The molecule has 2 saturated carbocycles. The van der Waals surface area contributed by atoms with Crippen LogP contribution in [0.1, 0.15) is 61.5 Å². The van der Waals surface area contributed by atoms with E-state index in [-0.39, 0.29) is 17.8 Å². The Hall–Kier alpha value is -1.36. The second-order valence-corrected chi connectivity index (χ2v) is 8.06. The van der Waals surface area contributed by atoms with Gasteiger partial charge in [0.1, 0.15) is 4.88 Å². The Morgan fingerprint density at radius 3 is 2.42 bits per heavy atom. The molecule has 0 aliphatic heterocycles. The van der Waals surface area contributed by atoms with Gasteiger partial charge in [-0.3, -0.25) is 4.79 Å². The molecule has 4 nitrogen and oxygen atoms in total. The van der Waals surface area contributed by atoms with Crippen LogP contribution in [0.2, 0.25) is 0 Å². The van der Waals surface area contributed by atoms with Crippen LogP contribution in [0.5, 0.6) is 0 Å². The topological polar surface area (TPSA) is 46.6 Å². The van der Waals surface area contributed by atoms with E-state index in [1.165, 1.54) is 37.7 Å². The molecule has 0 N–H and O–H groups in total. The molecule has 0 aromatic carbocycles. The van der Waals surface area contributed by atoms with Crippen molar-refractivity contribution in [2.24, 2.45) is 17.8 Å². The number of rotatable bonds is 6. The first-order valence-electron chi connectivity index (χ1n) is 9.11. The lowest BCUT2D eigenvalue weighted by atomic mass is 9.80. The number of hydrogen-bond donors (Lipinski definition) is 0. The zero-order valence-corrected chi connectivity index (χ0v) is 15.4. The summed E-state index contributed by atoms with van der Waals surface area (Å²) in [7, 11) is 1.39. The van der Waals surface area contributed by atoms with Crippen molar-refractivity contribution in [3.05, 3.63) is 16.3 Å². The van der Waals surface area contributed by atoms with E-state index in [1.54, 1.807) is 0 Å². The second-order valence-electron chi connectivity index (χ2n) is 7.14. The van der Waals surface area contributed by atoms with Crippen molar-refractivity contribution in [2.75, 3.05) is 18.6 Å². The third-order valence-corrected chi connectivity index (χ3v) is 6.37. The van der Waals surface area contributed by atoms with Gasteiger partial charge in [0.2, 0.25) is 5.91 Å². The van der Waals surface area contributed by atoms with Crippen molar-refractivity contribution in [1.29, 1.82) is 0 Å². The lowest BCUT2D eigenvalue weighted by Gasteiger charge is -2.32. The first kappa shape index (κ1) is 17.5. The van der Waals surface area contributed by atoms with Crippen LogP contribution >= 0.6 is 11.3 Å². The quantitative estimate of drug-likeness (QED) is 0.711. The number of carbonyl (C=O) groups excluding carboxylic acids is 2. The molecule has 0 saturated heterocycles. The second kappa shape index (κ2) is 7.68. The smallest absolute Gasteiger partial charge is 0.350 e. The molecular weight excluding hydrogens is 322 g/mol. The van der Waals surface area contributed by atoms with Gasteiger partial charge in [-0.05, 0) is 61.8 Å². The van der Waals surface area contributed by atoms with Crippen molar-refractivity contribution >= 4 is 28.9 Å². The largest absolute Gasteiger partial charge is 0.465 e. The highest BCUT2D eigenvalue weighted by Crippen LogP contribution is 2.38. The van der Waals surface area contributed by atoms with Gasteiger partial charge >= 0.3 is 5.97 Å². The van der Waals surface area contributed by atoms with Gasteiger partial charge in [-0.25, -0.2) is 4.79 Å². The number of hydrogen-bond acceptors (Lipinski definition) is 4. The molecule has 2 aliphatic carbocycles. The van der Waals surface area contributed by atoms with E-state index in [9.17, 15) is 9.59 Å². The van der Waals surface area contributed by atoms with Gasteiger partial charge in [-0.1, -0.05) is 13.3 Å². The van der Waals surface area contributed by atoms with Gasteiger partial charge in [-0.2, -0.15) is 0 Å². The van der Waals surface area contributed by atoms with Crippen molar-refractivity contribution in [1.82, 2.24) is 0 Å². The van der Waals surface area contributed by atoms with E-state index >= 15 is 0 Å². The minimum Gasteiger partial charge on any atom is -0.465 e. The zero-order chi connectivity index (χ0) is 17.1. The van der Waals surface area contributed by atoms with Gasteiger partial charge < -0.3 is 9.64 Å². The predicted octanol–water partition coefficient (Wildman–Crippen LogP) is 4.49. The third kappa shape index (κ3) is 3.82. The maximum Gasteiger partial charge on any atom is 0.350 e. The van der Waals surface area contributed by atoms with Crippen molar-refractivity contribution in [3.63, 3.8) is 0 Å². The Morgan fingerprint density at radius 2 is 1.83 bits per heavy atom. The number of anilines is 1. The Kier molecular flexibility index (Phi) is 5.59. The monoisotopic (exact) mass is 349 g/mol. The highest BCUT2D eigenvalue weighted by molar-refractivity contribution is 7.12. The summed E-state index contributed by atoms with van der Waals surface area (Å²) in [6.07, 6.45) is 7.85. The zero-order valence-electron chi connectivity index (χ0n) is 14.6. The first-order chi connectivity index (χ1) is 11.6. The first-order valence-corrected chi connectivity index (χ1v) is 9.99. The van der Waals surface area contributed by atoms with Crippen LogP contribution in [0.15, 0.2) is 11.4 Å². The van der Waals surface area contributed by atoms with Crippen molar-refractivity contribution in [3.8, 4) is 0 Å². The number of thiophene rings is 1. The molecular formula is C19H27NO3S. The summed E-state index contributed by atoms with van der Waals surface area (Å²) < 4.78 is 4.89. The molecule has 0 spiro atoms. The van der Waals surface area contributed by atoms with Gasteiger partial charge in [0.25, 0.3) is 0 Å². The van der Waals surface area contributed by atoms with Crippen LogP contribution in [0.25, 0.3) is 0 Å². The molecule has 1 aromatic rings. The van der Waals surface area contributed by atoms with Crippen molar-refractivity contribution < 1.29 is 14.3 Å². The number of carbonyl (C=O) groups is 2. The van der Waals surface area contributed by atoms with E-state index in [0.717, 1.165) is 43.8 Å². The van der Waals surface area contributed by atoms with Crippen LogP contribution in [-0.4, -0.2) is 25.5 Å². The highest BCUT2D eigenvalue weighted by atomic mass is 32.1. The number of amides is 1. The Morgan fingerprint density at radius 1 is 1.17 bits per heavy atom. The molecule has 0 bridgehead atoms. The summed E-state index contributed by atoms with van der Waals surface area (Å²) in [5.41, 5.74) is 0.751. The highest BCUT2D eigenvalue weighted by Gasteiger charge is 2.35. The van der Waals surface area contributed by atoms with Crippen LogP contribution in [0, 0.1) is 17.8 Å². The number of nitrogens with zero attached hydrogens (tertiary/aromatic N) is 1. The van der Waals surface area contributed by atoms with Gasteiger partial charge in [0.15, 0.2) is 0 Å². The fourth-order valence-electron chi connectivity index (χ4n) is 3.66. The molecule has 0 atom stereocenters. The molecule has 0 radical (unpaired) electrons. The number of methoxy groups -OCH3 is 1.